The number of hydrogen-bond acceptors (Lipinski definition) is 8. The van der Waals surface area contributed by atoms with Crippen molar-refractivity contribution >= 4 is 22.4 Å². The summed E-state index contributed by atoms with van der Waals surface area (Å²) in [6.07, 6.45) is 7.25. The van der Waals surface area contributed by atoms with E-state index in [0.29, 0.717) is 24.0 Å². The molecule has 0 amide bonds. The number of nitrogens with zero attached hydrogens (tertiary/aromatic N) is 5. The van der Waals surface area contributed by atoms with Gasteiger partial charge in [-0.2, -0.15) is 9.36 Å². The number of benzene rings is 1. The summed E-state index contributed by atoms with van der Waals surface area (Å²) in [5, 5.41) is 0.711. The molecule has 4 rings (SSSR count). The van der Waals surface area contributed by atoms with Crippen LogP contribution in [0.1, 0.15) is 18.4 Å². The Morgan fingerprint density at radius 2 is 2.22 bits per heavy atom. The molecular formula is C18H19N5O3S. The molecule has 0 saturated carbocycles. The number of anilines is 1. The lowest BCUT2D eigenvalue weighted by Crippen LogP contribution is -2.25. The first-order chi connectivity index (χ1) is 13.2. The SMILES string of the molecule is CN(CC(=O)CCCc1ccc2c(c1)OCO2)c1nc(-n2ccnc2)ns1. The molecule has 1 aliphatic rings. The fourth-order valence-corrected chi connectivity index (χ4v) is 3.47. The molecular weight excluding hydrogens is 366 g/mol. The van der Waals surface area contributed by atoms with Gasteiger partial charge in [0, 0.05) is 37.4 Å². The Hall–Kier alpha value is -2.94. The van der Waals surface area contributed by atoms with Gasteiger partial charge in [0.2, 0.25) is 17.9 Å². The van der Waals surface area contributed by atoms with Gasteiger partial charge in [-0.05, 0) is 30.5 Å². The minimum absolute atomic E-state index is 0.178. The normalized spacial score (nSPS) is 12.3. The molecule has 0 radical (unpaired) electrons. The highest BCUT2D eigenvalue weighted by molar-refractivity contribution is 7.09. The Bertz CT molecular complexity index is 925. The number of ether oxygens (including phenoxy) is 2. The molecule has 0 atom stereocenters. The van der Waals surface area contributed by atoms with Crippen molar-refractivity contribution in [1.82, 2.24) is 18.9 Å². The number of aryl methyl sites for hydroxylation is 1. The predicted molar refractivity (Wildman–Crippen MR) is 101 cm³/mol. The molecule has 0 N–H and O–H groups in total. The van der Waals surface area contributed by atoms with Gasteiger partial charge in [0.1, 0.15) is 6.33 Å². The summed E-state index contributed by atoms with van der Waals surface area (Å²) in [6.45, 7) is 0.595. The van der Waals surface area contributed by atoms with E-state index in [1.54, 1.807) is 23.3 Å². The molecule has 1 aliphatic heterocycles. The highest BCUT2D eigenvalue weighted by Gasteiger charge is 2.15. The van der Waals surface area contributed by atoms with E-state index in [0.717, 1.165) is 29.9 Å². The second kappa shape index (κ2) is 7.75. The number of Topliss-reactive ketones (excluding diaryl/α,β-unsaturated/α-hetero) is 1. The van der Waals surface area contributed by atoms with E-state index in [1.807, 2.05) is 30.1 Å². The molecule has 3 aromatic rings. The molecule has 0 saturated heterocycles. The number of aromatic nitrogens is 4. The van der Waals surface area contributed by atoms with Crippen LogP contribution >= 0.6 is 11.5 Å². The molecule has 0 fully saturated rings. The lowest BCUT2D eigenvalue weighted by Gasteiger charge is -2.13. The third-order valence-electron chi connectivity index (χ3n) is 4.24. The summed E-state index contributed by atoms with van der Waals surface area (Å²) >= 11 is 1.27. The second-order valence-electron chi connectivity index (χ2n) is 6.28. The third-order valence-corrected chi connectivity index (χ3v) is 5.06. The number of hydrogen-bond donors (Lipinski definition) is 0. The minimum Gasteiger partial charge on any atom is -0.454 e. The fourth-order valence-electron chi connectivity index (χ4n) is 2.84. The molecule has 0 spiro atoms. The van der Waals surface area contributed by atoms with E-state index in [2.05, 4.69) is 14.3 Å². The van der Waals surface area contributed by atoms with E-state index in [4.69, 9.17) is 9.47 Å². The molecule has 0 aliphatic carbocycles. The van der Waals surface area contributed by atoms with E-state index in [1.165, 1.54) is 11.5 Å². The van der Waals surface area contributed by atoms with Gasteiger partial charge in [-0.25, -0.2) is 4.98 Å². The molecule has 3 heterocycles. The highest BCUT2D eigenvalue weighted by Crippen LogP contribution is 2.32. The number of carbonyl (C=O) groups is 1. The molecule has 9 heteroatoms. The van der Waals surface area contributed by atoms with Crippen LogP contribution in [0.15, 0.2) is 36.9 Å². The molecule has 8 nitrogen and oxygen atoms in total. The van der Waals surface area contributed by atoms with Crippen molar-refractivity contribution in [2.24, 2.45) is 0 Å². The molecule has 1 aromatic carbocycles. The van der Waals surface area contributed by atoms with Crippen molar-refractivity contribution in [3.8, 4) is 17.4 Å². The number of ketones is 1. The molecule has 27 heavy (non-hydrogen) atoms. The van der Waals surface area contributed by atoms with Crippen molar-refractivity contribution in [3.05, 3.63) is 42.5 Å². The number of imidazole rings is 1. The fraction of sp³-hybridized carbons (Fsp3) is 0.333. The number of likely N-dealkylation sites (N-methyl/N-ethyl adjacent to an activating group) is 1. The average Bonchev–Trinajstić information content (AvgIpc) is 3.40. The van der Waals surface area contributed by atoms with Crippen molar-refractivity contribution in [2.45, 2.75) is 19.3 Å². The Morgan fingerprint density at radius 3 is 3.07 bits per heavy atom. The Morgan fingerprint density at radius 1 is 1.33 bits per heavy atom. The first-order valence-electron chi connectivity index (χ1n) is 8.62. The maximum Gasteiger partial charge on any atom is 0.248 e. The van der Waals surface area contributed by atoms with Gasteiger partial charge in [-0.3, -0.25) is 9.36 Å². The molecule has 140 valence electrons. The van der Waals surface area contributed by atoms with Crippen molar-refractivity contribution < 1.29 is 14.3 Å². The summed E-state index contributed by atoms with van der Waals surface area (Å²) in [5.41, 5.74) is 1.15. The minimum atomic E-state index is 0.178. The van der Waals surface area contributed by atoms with Crippen molar-refractivity contribution in [1.29, 1.82) is 0 Å². The predicted octanol–water partition coefficient (Wildman–Crippen LogP) is 2.48. The van der Waals surface area contributed by atoms with E-state index in [-0.39, 0.29) is 12.6 Å². The zero-order valence-electron chi connectivity index (χ0n) is 14.9. The summed E-state index contributed by atoms with van der Waals surface area (Å²) < 4.78 is 16.7. The monoisotopic (exact) mass is 385 g/mol. The average molecular weight is 385 g/mol. The van der Waals surface area contributed by atoms with Crippen LogP contribution in [0.3, 0.4) is 0 Å². The van der Waals surface area contributed by atoms with Gasteiger partial charge in [-0.1, -0.05) is 6.07 Å². The van der Waals surface area contributed by atoms with Gasteiger partial charge in [-0.15, -0.1) is 0 Å². The lowest BCUT2D eigenvalue weighted by molar-refractivity contribution is -0.117. The Kier molecular flexibility index (Phi) is 5.01. The van der Waals surface area contributed by atoms with Crippen LogP contribution < -0.4 is 14.4 Å². The van der Waals surface area contributed by atoms with Crippen LogP contribution in [0.5, 0.6) is 11.5 Å². The zero-order chi connectivity index (χ0) is 18.6. The Labute approximate surface area is 160 Å². The lowest BCUT2D eigenvalue weighted by atomic mass is 10.1. The molecule has 2 aromatic heterocycles. The topological polar surface area (TPSA) is 82.4 Å². The van der Waals surface area contributed by atoms with Gasteiger partial charge < -0.3 is 14.4 Å². The Balaban J connectivity index is 1.25. The van der Waals surface area contributed by atoms with Gasteiger partial charge in [0.25, 0.3) is 0 Å². The molecule has 0 unspecified atom stereocenters. The van der Waals surface area contributed by atoms with E-state index in [9.17, 15) is 4.79 Å². The van der Waals surface area contributed by atoms with Crippen molar-refractivity contribution in [3.63, 3.8) is 0 Å². The summed E-state index contributed by atoms with van der Waals surface area (Å²) in [7, 11) is 1.86. The van der Waals surface area contributed by atoms with Crippen LogP contribution in [-0.2, 0) is 11.2 Å². The van der Waals surface area contributed by atoms with Crippen molar-refractivity contribution in [2.75, 3.05) is 25.3 Å². The summed E-state index contributed by atoms with van der Waals surface area (Å²) in [4.78, 5) is 22.6. The number of fused-ring (bicyclic) bond motifs is 1. The van der Waals surface area contributed by atoms with Crippen LogP contribution in [-0.4, -0.2) is 45.1 Å². The maximum absolute atomic E-state index is 12.3. The van der Waals surface area contributed by atoms with Crippen LogP contribution in [0.4, 0.5) is 5.13 Å². The summed E-state index contributed by atoms with van der Waals surface area (Å²) in [5.74, 6) is 2.30. The first kappa shape index (κ1) is 17.5. The highest BCUT2D eigenvalue weighted by atomic mass is 32.1. The smallest absolute Gasteiger partial charge is 0.248 e. The third kappa shape index (κ3) is 4.08. The van der Waals surface area contributed by atoms with Gasteiger partial charge in [0.05, 0.1) is 6.54 Å². The van der Waals surface area contributed by atoms with E-state index < -0.39 is 0 Å². The van der Waals surface area contributed by atoms with Crippen LogP contribution in [0, 0.1) is 0 Å². The van der Waals surface area contributed by atoms with Crippen LogP contribution in [0.25, 0.3) is 5.95 Å². The second-order valence-corrected chi connectivity index (χ2v) is 7.01. The standard InChI is InChI=1S/C18H19N5O3S/c1-22(18-20-17(21-27-18)23-8-7-19-11-23)10-14(24)4-2-3-13-5-6-15-16(9-13)26-12-25-15/h5-9,11H,2-4,10,12H2,1H3. The van der Waals surface area contributed by atoms with Crippen LogP contribution in [0.2, 0.25) is 0 Å². The quantitative estimate of drug-likeness (QED) is 0.589. The maximum atomic E-state index is 12.3. The first-order valence-corrected chi connectivity index (χ1v) is 9.40. The largest absolute Gasteiger partial charge is 0.454 e. The molecule has 0 bridgehead atoms. The van der Waals surface area contributed by atoms with Gasteiger partial charge in [0.15, 0.2) is 17.3 Å². The number of rotatable bonds is 8. The summed E-state index contributed by atoms with van der Waals surface area (Å²) in [6, 6.07) is 5.92. The zero-order valence-corrected chi connectivity index (χ0v) is 15.7. The van der Waals surface area contributed by atoms with Gasteiger partial charge >= 0.3 is 0 Å². The van der Waals surface area contributed by atoms with E-state index >= 15 is 0 Å². The number of carbonyl (C=O) groups excluding carboxylic acids is 1.